The highest BCUT2D eigenvalue weighted by Gasteiger charge is 2.18. The van der Waals surface area contributed by atoms with E-state index in [4.69, 9.17) is 16.6 Å². The quantitative estimate of drug-likeness (QED) is 0.165. The molecule has 1 aliphatic rings. The molecule has 0 N–H and O–H groups in total. The fraction of sp³-hybridized carbons (Fsp3) is 0.256. The lowest BCUT2D eigenvalue weighted by Gasteiger charge is -2.14. The van der Waals surface area contributed by atoms with Gasteiger partial charge in [-0.25, -0.2) is 0 Å². The second-order valence-electron chi connectivity index (χ2n) is 11.5. The molecule has 0 amide bonds. The zero-order valence-electron chi connectivity index (χ0n) is 25.1. The monoisotopic (exact) mass is 570 g/mol. The van der Waals surface area contributed by atoms with Crippen LogP contribution in [0.15, 0.2) is 118 Å². The van der Waals surface area contributed by atoms with E-state index in [2.05, 4.69) is 135 Å². The van der Waals surface area contributed by atoms with Crippen molar-refractivity contribution >= 4 is 55.8 Å². The first-order valence-corrected chi connectivity index (χ1v) is 15.7. The van der Waals surface area contributed by atoms with Gasteiger partial charge in [-0.2, -0.15) is 0 Å². The number of benzene rings is 4. The Kier molecular flexibility index (Phi) is 8.18. The third kappa shape index (κ3) is 5.25. The molecule has 0 fully saturated rings. The molecule has 2 unspecified atom stereocenters. The largest absolute Gasteiger partial charge is 0.338 e. The summed E-state index contributed by atoms with van der Waals surface area (Å²) in [6.45, 7) is 8.94. The van der Waals surface area contributed by atoms with Gasteiger partial charge < -0.3 is 4.57 Å². The summed E-state index contributed by atoms with van der Waals surface area (Å²) >= 11 is 7.06. The molecule has 212 valence electrons. The van der Waals surface area contributed by atoms with Crippen molar-refractivity contribution in [2.75, 3.05) is 0 Å². The summed E-state index contributed by atoms with van der Waals surface area (Å²) in [6.07, 6.45) is 12.8. The Morgan fingerprint density at radius 2 is 1.55 bits per heavy atom. The maximum atomic E-state index is 7.06. The van der Waals surface area contributed by atoms with Gasteiger partial charge in [-0.1, -0.05) is 110 Å². The fourth-order valence-electron chi connectivity index (χ4n) is 6.17. The van der Waals surface area contributed by atoms with Crippen LogP contribution in [0, 0.1) is 0 Å². The Morgan fingerprint density at radius 3 is 2.36 bits per heavy atom. The van der Waals surface area contributed by atoms with Gasteiger partial charge in [0.15, 0.2) is 0 Å². The molecule has 0 aliphatic heterocycles. The molecular formula is C39H39ClN2. The third-order valence-corrected chi connectivity index (χ3v) is 9.32. The molecule has 0 saturated carbocycles. The summed E-state index contributed by atoms with van der Waals surface area (Å²) in [4.78, 5) is 5.11. The number of fused-ring (bicyclic) bond motifs is 1. The van der Waals surface area contributed by atoms with Crippen LogP contribution in [0.2, 0.25) is 0 Å². The molecule has 0 radical (unpaired) electrons. The van der Waals surface area contributed by atoms with Crippen LogP contribution in [-0.2, 0) is 0 Å². The second-order valence-corrected chi connectivity index (χ2v) is 11.9. The van der Waals surface area contributed by atoms with Crippen LogP contribution in [-0.4, -0.2) is 16.3 Å². The molecule has 4 aromatic carbocycles. The SMILES string of the molecule is CCC(C)/N=C(\C=C\C1=C(Cl)C(=C/C=c2\c3cccc4cccc(c43)n2C(C)CC)/CC1)c1cccc2ccccc12. The molecule has 0 bridgehead atoms. The first-order chi connectivity index (χ1) is 20.5. The van der Waals surface area contributed by atoms with E-state index in [-0.39, 0.29) is 6.04 Å². The Hall–Kier alpha value is -3.88. The smallest absolute Gasteiger partial charge is 0.0656 e. The van der Waals surface area contributed by atoms with Crippen LogP contribution in [0.5, 0.6) is 0 Å². The van der Waals surface area contributed by atoms with E-state index in [0.717, 1.165) is 36.4 Å². The summed E-state index contributed by atoms with van der Waals surface area (Å²) in [5, 5.41) is 8.53. The number of halogens is 1. The number of allylic oxidation sites excluding steroid dienone is 6. The van der Waals surface area contributed by atoms with Crippen LogP contribution in [0.3, 0.4) is 0 Å². The molecule has 1 aliphatic carbocycles. The highest BCUT2D eigenvalue weighted by Crippen LogP contribution is 2.35. The predicted octanol–water partition coefficient (Wildman–Crippen LogP) is 10.5. The van der Waals surface area contributed by atoms with Crippen molar-refractivity contribution in [1.29, 1.82) is 0 Å². The number of rotatable bonds is 8. The number of hydrogen-bond donors (Lipinski definition) is 0. The van der Waals surface area contributed by atoms with Crippen LogP contribution in [0.1, 0.15) is 65.0 Å². The van der Waals surface area contributed by atoms with E-state index in [9.17, 15) is 0 Å². The Bertz CT molecular complexity index is 1940. The molecule has 5 aromatic rings. The summed E-state index contributed by atoms with van der Waals surface area (Å²) in [6, 6.07) is 28.9. The molecule has 2 nitrogen and oxygen atoms in total. The van der Waals surface area contributed by atoms with Gasteiger partial charge in [-0.3, -0.25) is 4.99 Å². The number of nitrogens with zero attached hydrogens (tertiary/aromatic N) is 2. The third-order valence-electron chi connectivity index (χ3n) is 8.84. The van der Waals surface area contributed by atoms with Crippen molar-refractivity contribution in [2.45, 2.75) is 65.5 Å². The van der Waals surface area contributed by atoms with E-state index in [1.165, 1.54) is 54.5 Å². The zero-order valence-corrected chi connectivity index (χ0v) is 25.8. The number of aromatic nitrogens is 1. The lowest BCUT2D eigenvalue weighted by molar-refractivity contribution is 0.539. The maximum Gasteiger partial charge on any atom is 0.0656 e. The fourth-order valence-corrected chi connectivity index (χ4v) is 6.48. The predicted molar refractivity (Wildman–Crippen MR) is 184 cm³/mol. The molecule has 42 heavy (non-hydrogen) atoms. The Balaban J connectivity index is 1.40. The summed E-state index contributed by atoms with van der Waals surface area (Å²) in [5.74, 6) is 0. The van der Waals surface area contributed by atoms with Gasteiger partial charge in [0.2, 0.25) is 0 Å². The normalized spacial score (nSPS) is 17.6. The van der Waals surface area contributed by atoms with Gasteiger partial charge in [-0.15, -0.1) is 0 Å². The first-order valence-electron chi connectivity index (χ1n) is 15.3. The van der Waals surface area contributed by atoms with Crippen molar-refractivity contribution in [2.24, 2.45) is 4.99 Å². The van der Waals surface area contributed by atoms with E-state index in [1.807, 2.05) is 0 Å². The second kappa shape index (κ2) is 12.2. The van der Waals surface area contributed by atoms with Gasteiger partial charge in [0.1, 0.15) is 0 Å². The standard InChI is InChI=1S/C39H39ClN2/c1-5-26(3)41-35(33-17-9-13-28-12-7-8-16-32(28)33)24-22-30-20-21-31(39(30)40)23-25-36-34-18-10-14-29-15-11-19-37(38(29)34)42(36)27(4)6-2/h7-19,22-27H,5-6,20-21H2,1-4H3/b24-22+,31-23+,36-25+,41-35+. The van der Waals surface area contributed by atoms with Crippen LogP contribution in [0.4, 0.5) is 0 Å². The van der Waals surface area contributed by atoms with E-state index < -0.39 is 0 Å². The minimum atomic E-state index is 0.243. The summed E-state index contributed by atoms with van der Waals surface area (Å²) < 4.78 is 2.50. The van der Waals surface area contributed by atoms with Crippen LogP contribution < -0.4 is 5.35 Å². The number of hydrogen-bond acceptors (Lipinski definition) is 1. The van der Waals surface area contributed by atoms with Crippen molar-refractivity contribution in [3.8, 4) is 0 Å². The van der Waals surface area contributed by atoms with Crippen molar-refractivity contribution in [3.05, 3.63) is 124 Å². The van der Waals surface area contributed by atoms with Gasteiger partial charge >= 0.3 is 0 Å². The first kappa shape index (κ1) is 28.2. The average Bonchev–Trinajstić information content (AvgIpc) is 3.54. The highest BCUT2D eigenvalue weighted by molar-refractivity contribution is 6.33. The van der Waals surface area contributed by atoms with Gasteiger partial charge in [0, 0.05) is 44.3 Å². The lowest BCUT2D eigenvalue weighted by atomic mass is 9.99. The molecule has 0 spiro atoms. The molecule has 3 heteroatoms. The van der Waals surface area contributed by atoms with Gasteiger partial charge in [0.25, 0.3) is 0 Å². The van der Waals surface area contributed by atoms with Crippen molar-refractivity contribution in [1.82, 2.24) is 4.57 Å². The molecule has 1 aromatic heterocycles. The van der Waals surface area contributed by atoms with E-state index in [1.54, 1.807) is 0 Å². The molecule has 6 rings (SSSR count). The van der Waals surface area contributed by atoms with Gasteiger partial charge in [-0.05, 0) is 85.1 Å². The van der Waals surface area contributed by atoms with Gasteiger partial charge in [0.05, 0.1) is 5.71 Å². The van der Waals surface area contributed by atoms with E-state index >= 15 is 0 Å². The summed E-state index contributed by atoms with van der Waals surface area (Å²) in [7, 11) is 0. The highest BCUT2D eigenvalue weighted by atomic mass is 35.5. The van der Waals surface area contributed by atoms with E-state index in [0.29, 0.717) is 6.04 Å². The molecule has 1 heterocycles. The minimum Gasteiger partial charge on any atom is -0.338 e. The molecular weight excluding hydrogens is 532 g/mol. The molecule has 2 atom stereocenters. The molecule has 0 saturated heterocycles. The van der Waals surface area contributed by atoms with Crippen LogP contribution in [0.25, 0.3) is 38.5 Å². The van der Waals surface area contributed by atoms with Crippen LogP contribution >= 0.6 is 11.6 Å². The number of aliphatic imine (C=N–C) groups is 1. The maximum absolute atomic E-state index is 7.06. The topological polar surface area (TPSA) is 17.3 Å². The Labute approximate surface area is 254 Å². The Morgan fingerprint density at radius 1 is 0.833 bits per heavy atom. The minimum absolute atomic E-state index is 0.243. The van der Waals surface area contributed by atoms with Crippen molar-refractivity contribution in [3.63, 3.8) is 0 Å². The average molecular weight is 571 g/mol. The lowest BCUT2D eigenvalue weighted by Crippen LogP contribution is -2.19. The van der Waals surface area contributed by atoms with Crippen molar-refractivity contribution < 1.29 is 0 Å². The summed E-state index contributed by atoms with van der Waals surface area (Å²) in [5.41, 5.74) is 5.86. The zero-order chi connectivity index (χ0) is 29.2.